The van der Waals surface area contributed by atoms with Gasteiger partial charge in [0.05, 0.1) is 17.0 Å². The highest BCUT2D eigenvalue weighted by Gasteiger charge is 2.13. The molecule has 1 aromatic rings. The number of hydrogen-bond acceptors (Lipinski definition) is 4. The van der Waals surface area contributed by atoms with E-state index in [9.17, 15) is 4.79 Å². The zero-order valence-corrected chi connectivity index (χ0v) is 10.8. The number of carbonyl (C=O) groups is 1. The summed E-state index contributed by atoms with van der Waals surface area (Å²) in [7, 11) is 0. The van der Waals surface area contributed by atoms with E-state index in [-0.39, 0.29) is 10.3 Å². The van der Waals surface area contributed by atoms with Gasteiger partial charge in [0.15, 0.2) is 0 Å². The molecule has 88 valence electrons. The molecule has 0 amide bonds. The van der Waals surface area contributed by atoms with Crippen molar-refractivity contribution in [2.45, 2.75) is 38.2 Å². The van der Waals surface area contributed by atoms with Crippen molar-refractivity contribution in [2.24, 2.45) is 0 Å². The van der Waals surface area contributed by atoms with Crippen molar-refractivity contribution in [3.05, 3.63) is 23.3 Å². The topological polar surface area (TPSA) is 63.1 Å². The van der Waals surface area contributed by atoms with E-state index < -0.39 is 5.97 Å². The van der Waals surface area contributed by atoms with E-state index in [0.29, 0.717) is 17.3 Å². The first-order chi connectivity index (χ1) is 7.29. The largest absolute Gasteiger partial charge is 0.478 e. The summed E-state index contributed by atoms with van der Waals surface area (Å²) in [6.45, 7) is 8.05. The third-order valence-corrected chi connectivity index (χ3v) is 3.16. The Morgan fingerprint density at radius 2 is 2.12 bits per heavy atom. The van der Waals surface area contributed by atoms with Crippen LogP contribution in [0.25, 0.3) is 0 Å². The molecule has 0 saturated heterocycles. The second-order valence-corrected chi connectivity index (χ2v) is 6.29. The normalized spacial score (nSPS) is 11.5. The van der Waals surface area contributed by atoms with Gasteiger partial charge in [0, 0.05) is 10.9 Å². The van der Waals surface area contributed by atoms with Crippen molar-refractivity contribution in [3.8, 4) is 0 Å². The molecule has 0 saturated carbocycles. The van der Waals surface area contributed by atoms with Crippen molar-refractivity contribution in [1.29, 1.82) is 0 Å². The van der Waals surface area contributed by atoms with Crippen LogP contribution in [-0.4, -0.2) is 25.8 Å². The average molecular weight is 240 g/mol. The predicted octanol–water partition coefficient (Wildman–Crippen LogP) is 2.51. The highest BCUT2D eigenvalue weighted by atomic mass is 32.2. The molecule has 0 aliphatic rings. The molecule has 0 spiro atoms. The van der Waals surface area contributed by atoms with Crippen molar-refractivity contribution < 1.29 is 9.90 Å². The number of aromatic nitrogens is 2. The minimum atomic E-state index is -0.979. The Morgan fingerprint density at radius 1 is 1.50 bits per heavy atom. The van der Waals surface area contributed by atoms with Gasteiger partial charge in [0.2, 0.25) is 0 Å². The first-order valence-corrected chi connectivity index (χ1v) is 5.98. The lowest BCUT2D eigenvalue weighted by atomic mass is 10.2. The Hall–Kier alpha value is -1.10. The van der Waals surface area contributed by atoms with Crippen molar-refractivity contribution in [1.82, 2.24) is 9.97 Å². The zero-order chi connectivity index (χ0) is 12.3. The number of aromatic carboxylic acids is 1. The minimum Gasteiger partial charge on any atom is -0.478 e. The molecule has 1 N–H and O–H groups in total. The van der Waals surface area contributed by atoms with Crippen LogP contribution in [-0.2, 0) is 5.75 Å². The maximum absolute atomic E-state index is 10.8. The first-order valence-electron chi connectivity index (χ1n) is 4.99. The molecule has 4 nitrogen and oxygen atoms in total. The first kappa shape index (κ1) is 13.0. The quantitative estimate of drug-likeness (QED) is 0.879. The summed E-state index contributed by atoms with van der Waals surface area (Å²) in [5.74, 6) is 0.402. The van der Waals surface area contributed by atoms with E-state index >= 15 is 0 Å². The van der Waals surface area contributed by atoms with Gasteiger partial charge in [-0.1, -0.05) is 20.8 Å². The molecule has 1 heterocycles. The van der Waals surface area contributed by atoms with Crippen LogP contribution in [0, 0.1) is 6.92 Å². The summed E-state index contributed by atoms with van der Waals surface area (Å²) in [5.41, 5.74) is 0.691. The van der Waals surface area contributed by atoms with Gasteiger partial charge in [0.1, 0.15) is 5.82 Å². The summed E-state index contributed by atoms with van der Waals surface area (Å²) >= 11 is 1.74. The Balaban J connectivity index is 2.78. The monoisotopic (exact) mass is 240 g/mol. The molecule has 0 radical (unpaired) electrons. The lowest BCUT2D eigenvalue weighted by Gasteiger charge is -2.16. The maximum Gasteiger partial charge on any atom is 0.339 e. The minimum absolute atomic E-state index is 0.155. The second kappa shape index (κ2) is 4.82. The highest BCUT2D eigenvalue weighted by molar-refractivity contribution is 7.99. The molecule has 0 bridgehead atoms. The molecular weight excluding hydrogens is 224 g/mol. The SMILES string of the molecule is Cc1nc(CSC(C)(C)C)ncc1C(=O)O. The van der Waals surface area contributed by atoms with Crippen LogP contribution < -0.4 is 0 Å². The average Bonchev–Trinajstić information content (AvgIpc) is 2.13. The second-order valence-electron chi connectivity index (χ2n) is 4.49. The molecule has 0 atom stereocenters. The van der Waals surface area contributed by atoms with Crippen LogP contribution in [0.15, 0.2) is 6.20 Å². The van der Waals surface area contributed by atoms with Gasteiger partial charge in [0.25, 0.3) is 0 Å². The van der Waals surface area contributed by atoms with E-state index in [1.807, 2.05) is 0 Å². The van der Waals surface area contributed by atoms with Gasteiger partial charge in [-0.2, -0.15) is 0 Å². The number of carboxylic acids is 1. The van der Waals surface area contributed by atoms with Gasteiger partial charge < -0.3 is 5.11 Å². The summed E-state index contributed by atoms with van der Waals surface area (Å²) < 4.78 is 0.155. The molecule has 0 aliphatic carbocycles. The molecular formula is C11H16N2O2S. The third kappa shape index (κ3) is 3.81. The fraction of sp³-hybridized carbons (Fsp3) is 0.545. The van der Waals surface area contributed by atoms with E-state index in [4.69, 9.17) is 5.11 Å². The van der Waals surface area contributed by atoms with Crippen LogP contribution in [0.3, 0.4) is 0 Å². The lowest BCUT2D eigenvalue weighted by molar-refractivity contribution is 0.0695. The Kier molecular flexibility index (Phi) is 3.91. The number of nitrogens with zero attached hydrogens (tertiary/aromatic N) is 2. The third-order valence-electron chi connectivity index (χ3n) is 1.89. The van der Waals surface area contributed by atoms with E-state index in [1.165, 1.54) is 6.20 Å². The van der Waals surface area contributed by atoms with Crippen LogP contribution in [0.2, 0.25) is 0 Å². The number of thioether (sulfide) groups is 1. The van der Waals surface area contributed by atoms with Crippen LogP contribution in [0.4, 0.5) is 0 Å². The predicted molar refractivity (Wildman–Crippen MR) is 64.8 cm³/mol. The van der Waals surface area contributed by atoms with Gasteiger partial charge >= 0.3 is 5.97 Å². The molecule has 1 rings (SSSR count). The summed E-state index contributed by atoms with van der Waals surface area (Å²) in [6.07, 6.45) is 1.38. The molecule has 1 aromatic heterocycles. The van der Waals surface area contributed by atoms with Gasteiger partial charge in [-0.25, -0.2) is 14.8 Å². The van der Waals surface area contributed by atoms with Crippen LogP contribution in [0.1, 0.15) is 42.6 Å². The Morgan fingerprint density at radius 3 is 2.56 bits per heavy atom. The molecule has 5 heteroatoms. The molecule has 16 heavy (non-hydrogen) atoms. The highest BCUT2D eigenvalue weighted by Crippen LogP contribution is 2.25. The molecule has 0 aliphatic heterocycles. The molecule has 0 aromatic carbocycles. The Bertz CT molecular complexity index is 399. The van der Waals surface area contributed by atoms with Gasteiger partial charge in [-0.3, -0.25) is 0 Å². The van der Waals surface area contributed by atoms with E-state index in [0.717, 1.165) is 0 Å². The fourth-order valence-corrected chi connectivity index (χ4v) is 1.78. The summed E-state index contributed by atoms with van der Waals surface area (Å²) in [6, 6.07) is 0. The van der Waals surface area contributed by atoms with Crippen molar-refractivity contribution in [2.75, 3.05) is 0 Å². The van der Waals surface area contributed by atoms with Crippen LogP contribution in [0.5, 0.6) is 0 Å². The summed E-state index contributed by atoms with van der Waals surface area (Å²) in [5, 5.41) is 8.83. The number of aryl methyl sites for hydroxylation is 1. The maximum atomic E-state index is 10.8. The standard InChI is InChI=1S/C11H16N2O2S/c1-7-8(10(14)15)5-12-9(13-7)6-16-11(2,3)4/h5H,6H2,1-4H3,(H,14,15). The smallest absolute Gasteiger partial charge is 0.339 e. The summed E-state index contributed by atoms with van der Waals surface area (Å²) in [4.78, 5) is 19.0. The molecule has 0 unspecified atom stereocenters. The van der Waals surface area contributed by atoms with E-state index in [1.54, 1.807) is 18.7 Å². The Labute approximate surface area is 99.5 Å². The zero-order valence-electron chi connectivity index (χ0n) is 9.94. The number of rotatable bonds is 3. The van der Waals surface area contributed by atoms with Crippen LogP contribution >= 0.6 is 11.8 Å². The van der Waals surface area contributed by atoms with Gasteiger partial charge in [-0.15, -0.1) is 11.8 Å². The van der Waals surface area contributed by atoms with Gasteiger partial charge in [-0.05, 0) is 6.92 Å². The number of hydrogen-bond donors (Lipinski definition) is 1. The van der Waals surface area contributed by atoms with E-state index in [2.05, 4.69) is 30.7 Å². The lowest BCUT2D eigenvalue weighted by Crippen LogP contribution is -2.10. The molecule has 0 fully saturated rings. The van der Waals surface area contributed by atoms with Crippen molar-refractivity contribution in [3.63, 3.8) is 0 Å². The number of carboxylic acid groups (broad SMARTS) is 1. The van der Waals surface area contributed by atoms with Crippen molar-refractivity contribution >= 4 is 17.7 Å². The fourth-order valence-electron chi connectivity index (χ4n) is 1.08.